The molecule has 0 fully saturated rings. The number of hydrogen-bond acceptors (Lipinski definition) is 4. The van der Waals surface area contributed by atoms with Crippen LogP contribution in [0.1, 0.15) is 13.3 Å². The highest BCUT2D eigenvalue weighted by Crippen LogP contribution is 2.03. The van der Waals surface area contributed by atoms with E-state index in [1.165, 1.54) is 11.4 Å². The third-order valence-electron chi connectivity index (χ3n) is 3.31. The molecular weight excluding hydrogens is 276 g/mol. The summed E-state index contributed by atoms with van der Waals surface area (Å²) in [6.07, 6.45) is 1.85. The third kappa shape index (κ3) is 2.78. The van der Waals surface area contributed by atoms with Gasteiger partial charge in [0.15, 0.2) is 5.65 Å². The van der Waals surface area contributed by atoms with Crippen LogP contribution in [0, 0.1) is 0 Å². The van der Waals surface area contributed by atoms with E-state index in [0.717, 1.165) is 9.58 Å². The number of hydrogen-bond donors (Lipinski definition) is 1. The van der Waals surface area contributed by atoms with Gasteiger partial charge in [0.05, 0.1) is 0 Å². The largest absolute Gasteiger partial charge is 0.480 e. The van der Waals surface area contributed by atoms with Crippen molar-refractivity contribution in [2.75, 3.05) is 7.05 Å². The standard InChI is InChI=1S/C13H16N4O4/c1-3-9(12(19)20)15(2)11(18)8-17-13(21)16-7-5-4-6-10(16)14-17/h4-7,9H,3,8H2,1-2H3,(H,19,20). The molecule has 21 heavy (non-hydrogen) atoms. The molecule has 2 heterocycles. The number of carbonyl (C=O) groups is 2. The Balaban J connectivity index is 2.24. The van der Waals surface area contributed by atoms with Crippen LogP contribution >= 0.6 is 0 Å². The number of pyridine rings is 1. The van der Waals surface area contributed by atoms with Crippen LogP contribution in [0.3, 0.4) is 0 Å². The number of carboxylic acids is 1. The van der Waals surface area contributed by atoms with Crippen molar-refractivity contribution in [2.45, 2.75) is 25.9 Å². The minimum absolute atomic E-state index is 0.289. The van der Waals surface area contributed by atoms with E-state index in [9.17, 15) is 14.4 Å². The highest BCUT2D eigenvalue weighted by atomic mass is 16.4. The summed E-state index contributed by atoms with van der Waals surface area (Å²) in [5.41, 5.74) is -0.000970. The van der Waals surface area contributed by atoms with Crippen molar-refractivity contribution in [3.05, 3.63) is 34.9 Å². The molecule has 2 aromatic heterocycles. The third-order valence-corrected chi connectivity index (χ3v) is 3.31. The number of aliphatic carboxylic acids is 1. The molecule has 0 aliphatic carbocycles. The molecule has 1 N–H and O–H groups in total. The summed E-state index contributed by atoms with van der Waals surface area (Å²) in [5, 5.41) is 13.1. The molecule has 1 amide bonds. The monoisotopic (exact) mass is 292 g/mol. The van der Waals surface area contributed by atoms with Crippen molar-refractivity contribution in [3.63, 3.8) is 0 Å². The fraction of sp³-hybridized carbons (Fsp3) is 0.385. The number of rotatable bonds is 5. The lowest BCUT2D eigenvalue weighted by atomic mass is 10.2. The van der Waals surface area contributed by atoms with Crippen LogP contribution in [-0.2, 0) is 16.1 Å². The summed E-state index contributed by atoms with van der Waals surface area (Å²) in [6.45, 7) is 1.39. The summed E-state index contributed by atoms with van der Waals surface area (Å²) in [5.74, 6) is -1.55. The van der Waals surface area contributed by atoms with E-state index in [1.54, 1.807) is 31.3 Å². The summed E-state index contributed by atoms with van der Waals surface area (Å²) >= 11 is 0. The first kappa shape index (κ1) is 14.8. The number of nitrogens with zero attached hydrogens (tertiary/aromatic N) is 4. The molecule has 0 aliphatic heterocycles. The Bertz CT molecular complexity index is 733. The van der Waals surface area contributed by atoms with Crippen molar-refractivity contribution in [2.24, 2.45) is 0 Å². The zero-order valence-corrected chi connectivity index (χ0v) is 11.8. The van der Waals surface area contributed by atoms with Gasteiger partial charge in [-0.05, 0) is 18.6 Å². The Labute approximate surface area is 120 Å². The van der Waals surface area contributed by atoms with Crippen LogP contribution in [0.25, 0.3) is 5.65 Å². The average molecular weight is 292 g/mol. The van der Waals surface area contributed by atoms with Gasteiger partial charge in [-0.15, -0.1) is 5.10 Å². The van der Waals surface area contributed by atoms with E-state index >= 15 is 0 Å². The Kier molecular flexibility index (Phi) is 4.06. The van der Waals surface area contributed by atoms with Gasteiger partial charge in [-0.3, -0.25) is 9.20 Å². The molecule has 2 rings (SSSR count). The minimum atomic E-state index is -1.07. The van der Waals surface area contributed by atoms with E-state index < -0.39 is 23.6 Å². The summed E-state index contributed by atoms with van der Waals surface area (Å²) in [4.78, 5) is 36.3. The predicted octanol–water partition coefficient (Wildman–Crippen LogP) is -0.182. The van der Waals surface area contributed by atoms with Crippen LogP contribution in [0.15, 0.2) is 29.2 Å². The molecule has 1 atom stereocenters. The zero-order valence-electron chi connectivity index (χ0n) is 11.8. The second kappa shape index (κ2) is 5.78. The highest BCUT2D eigenvalue weighted by Gasteiger charge is 2.25. The number of carbonyl (C=O) groups excluding carboxylic acids is 1. The topological polar surface area (TPSA) is 96.9 Å². The van der Waals surface area contributed by atoms with Crippen LogP contribution in [-0.4, -0.2) is 49.2 Å². The Morgan fingerprint density at radius 3 is 2.71 bits per heavy atom. The first-order valence-electron chi connectivity index (χ1n) is 6.48. The maximum atomic E-state index is 12.1. The Morgan fingerprint density at radius 1 is 1.43 bits per heavy atom. The van der Waals surface area contributed by atoms with Gasteiger partial charge < -0.3 is 10.0 Å². The van der Waals surface area contributed by atoms with Gasteiger partial charge in [-0.25, -0.2) is 14.3 Å². The smallest absolute Gasteiger partial charge is 0.350 e. The van der Waals surface area contributed by atoms with Crippen molar-refractivity contribution in [1.29, 1.82) is 0 Å². The summed E-state index contributed by atoms with van der Waals surface area (Å²) in [7, 11) is 1.41. The quantitative estimate of drug-likeness (QED) is 0.824. The van der Waals surface area contributed by atoms with Gasteiger partial charge in [0.25, 0.3) is 0 Å². The molecule has 0 bridgehead atoms. The van der Waals surface area contributed by atoms with Crippen LogP contribution in [0.4, 0.5) is 0 Å². The molecule has 0 radical (unpaired) electrons. The van der Waals surface area contributed by atoms with Gasteiger partial charge in [0.1, 0.15) is 12.6 Å². The van der Waals surface area contributed by atoms with Gasteiger partial charge >= 0.3 is 11.7 Å². The van der Waals surface area contributed by atoms with Gasteiger partial charge in [0, 0.05) is 13.2 Å². The van der Waals surface area contributed by atoms with E-state index in [1.807, 2.05) is 0 Å². The zero-order chi connectivity index (χ0) is 15.6. The SMILES string of the molecule is CCC(C(=O)O)N(C)C(=O)Cn1nc2ccccn2c1=O. The molecule has 0 saturated carbocycles. The van der Waals surface area contributed by atoms with Crippen molar-refractivity contribution in [3.8, 4) is 0 Å². The van der Waals surface area contributed by atoms with E-state index in [2.05, 4.69) is 5.10 Å². The molecule has 0 aromatic carbocycles. The molecule has 0 aliphatic rings. The second-order valence-electron chi connectivity index (χ2n) is 4.64. The van der Waals surface area contributed by atoms with Crippen LogP contribution in [0.5, 0.6) is 0 Å². The van der Waals surface area contributed by atoms with E-state index in [4.69, 9.17) is 5.11 Å². The molecule has 2 aromatic rings. The normalized spacial score (nSPS) is 12.3. The van der Waals surface area contributed by atoms with E-state index in [0.29, 0.717) is 5.65 Å². The Hall–Kier alpha value is -2.64. The minimum Gasteiger partial charge on any atom is -0.480 e. The summed E-state index contributed by atoms with van der Waals surface area (Å²) < 4.78 is 2.35. The summed E-state index contributed by atoms with van der Waals surface area (Å²) in [6, 6.07) is 4.16. The fourth-order valence-electron chi connectivity index (χ4n) is 2.10. The lowest BCUT2D eigenvalue weighted by Crippen LogP contribution is -2.44. The molecule has 1 unspecified atom stereocenters. The lowest BCUT2D eigenvalue weighted by Gasteiger charge is -2.23. The van der Waals surface area contributed by atoms with Crippen molar-refractivity contribution in [1.82, 2.24) is 19.1 Å². The first-order chi connectivity index (χ1) is 9.95. The second-order valence-corrected chi connectivity index (χ2v) is 4.64. The number of carboxylic acid groups (broad SMARTS) is 1. The molecule has 112 valence electrons. The molecule has 8 nitrogen and oxygen atoms in total. The highest BCUT2D eigenvalue weighted by molar-refractivity contribution is 5.83. The van der Waals surface area contributed by atoms with E-state index in [-0.39, 0.29) is 13.0 Å². The van der Waals surface area contributed by atoms with Crippen molar-refractivity contribution < 1.29 is 14.7 Å². The average Bonchev–Trinajstić information content (AvgIpc) is 2.76. The maximum absolute atomic E-state index is 12.1. The Morgan fingerprint density at radius 2 is 2.14 bits per heavy atom. The fourth-order valence-corrected chi connectivity index (χ4v) is 2.10. The van der Waals surface area contributed by atoms with Crippen molar-refractivity contribution >= 4 is 17.5 Å². The maximum Gasteiger partial charge on any atom is 0.350 e. The first-order valence-corrected chi connectivity index (χ1v) is 6.48. The van der Waals surface area contributed by atoms with Gasteiger partial charge in [0.2, 0.25) is 5.91 Å². The number of likely N-dealkylation sites (N-methyl/N-ethyl adjacent to an activating group) is 1. The number of fused-ring (bicyclic) bond motifs is 1. The van der Waals surface area contributed by atoms with Crippen LogP contribution in [0.2, 0.25) is 0 Å². The number of aromatic nitrogens is 3. The van der Waals surface area contributed by atoms with Gasteiger partial charge in [-0.2, -0.15) is 0 Å². The molecule has 0 spiro atoms. The molecule has 8 heteroatoms. The number of amides is 1. The molecule has 0 saturated heterocycles. The predicted molar refractivity (Wildman–Crippen MR) is 73.9 cm³/mol. The molecular formula is C13H16N4O4. The van der Waals surface area contributed by atoms with Crippen LogP contribution < -0.4 is 5.69 Å². The van der Waals surface area contributed by atoms with Gasteiger partial charge in [-0.1, -0.05) is 13.0 Å². The lowest BCUT2D eigenvalue weighted by molar-refractivity contribution is -0.149.